The van der Waals surface area contributed by atoms with Gasteiger partial charge in [-0.3, -0.25) is 4.79 Å². The number of benzene rings is 2. The Balaban J connectivity index is 1.84. The van der Waals surface area contributed by atoms with E-state index in [4.69, 9.17) is 23.2 Å². The van der Waals surface area contributed by atoms with Gasteiger partial charge >= 0.3 is 0 Å². The molecule has 0 aromatic heterocycles. The fraction of sp³-hybridized carbons (Fsp3) is 0.278. The molecule has 4 rings (SSSR count). The van der Waals surface area contributed by atoms with E-state index >= 15 is 0 Å². The number of halogens is 2. The molecule has 2 aromatic carbocycles. The second kappa shape index (κ2) is 5.29. The molecule has 0 saturated carbocycles. The van der Waals surface area contributed by atoms with Crippen molar-refractivity contribution in [2.75, 3.05) is 5.32 Å². The van der Waals surface area contributed by atoms with Crippen molar-refractivity contribution >= 4 is 34.8 Å². The molecule has 0 spiro atoms. The minimum atomic E-state index is 0.0458. The Morgan fingerprint density at radius 1 is 1.00 bits per heavy atom. The van der Waals surface area contributed by atoms with Gasteiger partial charge in [0.05, 0.1) is 10.0 Å². The van der Waals surface area contributed by atoms with Gasteiger partial charge in [0.1, 0.15) is 0 Å². The first-order valence-corrected chi connectivity index (χ1v) is 8.28. The fourth-order valence-corrected chi connectivity index (χ4v) is 3.87. The van der Waals surface area contributed by atoms with Crippen LogP contribution >= 0.6 is 23.2 Å². The summed E-state index contributed by atoms with van der Waals surface area (Å²) < 4.78 is 0. The number of fused-ring (bicyclic) bond motifs is 2. The quantitative estimate of drug-likeness (QED) is 0.786. The van der Waals surface area contributed by atoms with Crippen molar-refractivity contribution in [1.29, 1.82) is 0 Å². The normalized spacial score (nSPS) is 19.5. The second-order valence-electron chi connectivity index (χ2n) is 6.04. The highest BCUT2D eigenvalue weighted by molar-refractivity contribution is 6.42. The van der Waals surface area contributed by atoms with Crippen molar-refractivity contribution in [1.82, 2.24) is 0 Å². The van der Waals surface area contributed by atoms with Crippen molar-refractivity contribution in [2.24, 2.45) is 0 Å². The van der Waals surface area contributed by atoms with E-state index in [9.17, 15) is 4.79 Å². The Morgan fingerprint density at radius 3 is 2.55 bits per heavy atom. The number of hydrogen-bond acceptors (Lipinski definition) is 1. The van der Waals surface area contributed by atoms with Crippen LogP contribution in [0.5, 0.6) is 0 Å². The number of carbonyl (C=O) groups excluding carboxylic acids is 1. The Morgan fingerprint density at radius 2 is 1.77 bits per heavy atom. The van der Waals surface area contributed by atoms with E-state index in [-0.39, 0.29) is 11.8 Å². The van der Waals surface area contributed by atoms with Crippen LogP contribution < -0.4 is 5.32 Å². The van der Waals surface area contributed by atoms with Gasteiger partial charge in [0.25, 0.3) is 0 Å². The van der Waals surface area contributed by atoms with Crippen LogP contribution in [0.25, 0.3) is 0 Å². The lowest BCUT2D eigenvalue weighted by atomic mass is 9.83. The Kier molecular flexibility index (Phi) is 3.39. The molecule has 112 valence electrons. The SMILES string of the molecule is O=C1C[C@H](c2ccc(Cl)c(Cl)c2)c2cc3c(cc2N1)CCC3. The summed E-state index contributed by atoms with van der Waals surface area (Å²) in [5.74, 6) is 0.103. The molecule has 1 heterocycles. The molecular formula is C18H15Cl2NO. The molecule has 0 unspecified atom stereocenters. The number of amides is 1. The van der Waals surface area contributed by atoms with Crippen molar-refractivity contribution in [3.05, 3.63) is 62.6 Å². The van der Waals surface area contributed by atoms with Gasteiger partial charge < -0.3 is 5.32 Å². The molecule has 1 aliphatic carbocycles. The van der Waals surface area contributed by atoms with Gasteiger partial charge in [0.15, 0.2) is 0 Å². The van der Waals surface area contributed by atoms with Crippen molar-refractivity contribution in [3.63, 3.8) is 0 Å². The molecule has 0 bridgehead atoms. The van der Waals surface area contributed by atoms with Crippen LogP contribution in [0.1, 0.15) is 41.0 Å². The maximum absolute atomic E-state index is 12.1. The van der Waals surface area contributed by atoms with Crippen LogP contribution in [-0.4, -0.2) is 5.91 Å². The molecule has 2 nitrogen and oxygen atoms in total. The Bertz CT molecular complexity index is 785. The number of rotatable bonds is 1. The first-order valence-electron chi connectivity index (χ1n) is 7.52. The molecular weight excluding hydrogens is 317 g/mol. The van der Waals surface area contributed by atoms with E-state index in [1.807, 2.05) is 12.1 Å². The molecule has 0 fully saturated rings. The minimum absolute atomic E-state index is 0.0458. The second-order valence-corrected chi connectivity index (χ2v) is 6.85. The third-order valence-corrected chi connectivity index (χ3v) is 5.39. The van der Waals surface area contributed by atoms with E-state index in [2.05, 4.69) is 17.4 Å². The summed E-state index contributed by atoms with van der Waals surface area (Å²) in [6.45, 7) is 0. The first-order chi connectivity index (χ1) is 10.6. The van der Waals surface area contributed by atoms with Crippen LogP contribution in [0.15, 0.2) is 30.3 Å². The standard InChI is InChI=1S/C18H15Cl2NO/c19-15-5-4-12(7-16(15)20)13-9-18(22)21-17-8-11-3-1-2-10(11)6-14(13)17/h4-8,13H,1-3,9H2,(H,21,22)/t13-/m1/s1. The maximum atomic E-state index is 12.1. The first kappa shape index (κ1) is 14.1. The highest BCUT2D eigenvalue weighted by Crippen LogP contribution is 2.41. The lowest BCUT2D eigenvalue weighted by Gasteiger charge is -2.27. The molecule has 22 heavy (non-hydrogen) atoms. The zero-order valence-corrected chi connectivity index (χ0v) is 13.5. The summed E-state index contributed by atoms with van der Waals surface area (Å²) >= 11 is 12.2. The predicted molar refractivity (Wildman–Crippen MR) is 90.0 cm³/mol. The molecule has 0 radical (unpaired) electrons. The molecule has 1 N–H and O–H groups in total. The van der Waals surface area contributed by atoms with E-state index in [0.717, 1.165) is 24.1 Å². The summed E-state index contributed by atoms with van der Waals surface area (Å²) in [7, 11) is 0. The van der Waals surface area contributed by atoms with E-state index in [1.165, 1.54) is 23.1 Å². The van der Waals surface area contributed by atoms with Gasteiger partial charge in [0, 0.05) is 18.0 Å². The van der Waals surface area contributed by atoms with Crippen LogP contribution in [-0.2, 0) is 17.6 Å². The largest absolute Gasteiger partial charge is 0.326 e. The highest BCUT2D eigenvalue weighted by atomic mass is 35.5. The topological polar surface area (TPSA) is 29.1 Å². The number of aryl methyl sites for hydroxylation is 2. The van der Waals surface area contributed by atoms with Gasteiger partial charge in [-0.1, -0.05) is 35.3 Å². The molecule has 2 aromatic rings. The predicted octanol–water partition coefficient (Wildman–Crippen LogP) is 4.96. The average Bonchev–Trinajstić information content (AvgIpc) is 2.94. The summed E-state index contributed by atoms with van der Waals surface area (Å²) in [5, 5.41) is 4.09. The molecule has 0 saturated heterocycles. The zero-order chi connectivity index (χ0) is 15.3. The summed E-state index contributed by atoms with van der Waals surface area (Å²) in [6, 6.07) is 10.1. The van der Waals surface area contributed by atoms with E-state index < -0.39 is 0 Å². The van der Waals surface area contributed by atoms with Crippen LogP contribution in [0.4, 0.5) is 5.69 Å². The number of anilines is 1. The lowest BCUT2D eigenvalue weighted by Crippen LogP contribution is -2.23. The number of hydrogen-bond donors (Lipinski definition) is 1. The summed E-state index contributed by atoms with van der Waals surface area (Å²) in [5.41, 5.74) is 5.98. The average molecular weight is 332 g/mol. The monoisotopic (exact) mass is 331 g/mol. The minimum Gasteiger partial charge on any atom is -0.326 e. The maximum Gasteiger partial charge on any atom is 0.225 e. The van der Waals surface area contributed by atoms with Gasteiger partial charge in [-0.15, -0.1) is 0 Å². The van der Waals surface area contributed by atoms with Gasteiger partial charge in [-0.2, -0.15) is 0 Å². The Labute approximate surface area is 139 Å². The number of carbonyl (C=O) groups is 1. The van der Waals surface area contributed by atoms with Gasteiger partial charge in [0.2, 0.25) is 5.91 Å². The van der Waals surface area contributed by atoms with Crippen LogP contribution in [0.2, 0.25) is 10.0 Å². The highest BCUT2D eigenvalue weighted by Gasteiger charge is 2.28. The van der Waals surface area contributed by atoms with Gasteiger partial charge in [-0.25, -0.2) is 0 Å². The molecule has 2 aliphatic rings. The molecule has 1 atom stereocenters. The summed E-state index contributed by atoms with van der Waals surface area (Å²) in [4.78, 5) is 12.1. The fourth-order valence-electron chi connectivity index (χ4n) is 3.56. The van der Waals surface area contributed by atoms with E-state index in [1.54, 1.807) is 6.07 Å². The third kappa shape index (κ3) is 2.31. The van der Waals surface area contributed by atoms with Crippen molar-refractivity contribution in [2.45, 2.75) is 31.6 Å². The van der Waals surface area contributed by atoms with Crippen LogP contribution in [0.3, 0.4) is 0 Å². The summed E-state index contributed by atoms with van der Waals surface area (Å²) in [6.07, 6.45) is 3.88. The van der Waals surface area contributed by atoms with Crippen molar-refractivity contribution < 1.29 is 4.79 Å². The molecule has 1 amide bonds. The zero-order valence-electron chi connectivity index (χ0n) is 12.0. The number of nitrogens with one attached hydrogen (secondary N) is 1. The lowest BCUT2D eigenvalue weighted by molar-refractivity contribution is -0.116. The van der Waals surface area contributed by atoms with Crippen molar-refractivity contribution in [3.8, 4) is 0 Å². The van der Waals surface area contributed by atoms with E-state index in [0.29, 0.717) is 16.5 Å². The van der Waals surface area contributed by atoms with Crippen LogP contribution in [0, 0.1) is 0 Å². The Hall–Kier alpha value is -1.51. The van der Waals surface area contributed by atoms with Gasteiger partial charge in [-0.05, 0) is 59.7 Å². The molecule has 4 heteroatoms. The smallest absolute Gasteiger partial charge is 0.225 e. The molecule has 1 aliphatic heterocycles. The third-order valence-electron chi connectivity index (χ3n) is 4.65.